The fraction of sp³-hybridized carbons (Fsp3) is 0.505. The maximum absolute atomic E-state index is 15.0. The van der Waals surface area contributed by atoms with Crippen LogP contribution in [0.4, 0.5) is 19.2 Å². The molecule has 13 amide bonds. The van der Waals surface area contributed by atoms with Crippen LogP contribution >= 0.6 is 58.8 Å². The van der Waals surface area contributed by atoms with Crippen molar-refractivity contribution in [2.45, 2.75) is 179 Å². The third kappa shape index (κ3) is 48.6. The van der Waals surface area contributed by atoms with Crippen molar-refractivity contribution in [2.24, 2.45) is 22.9 Å². The van der Waals surface area contributed by atoms with Gasteiger partial charge in [0.05, 0.1) is 30.2 Å². The van der Waals surface area contributed by atoms with E-state index in [4.69, 9.17) is 88.3 Å². The molecule has 0 saturated carbocycles. The number of amides is 13. The van der Waals surface area contributed by atoms with Gasteiger partial charge in [0.25, 0.3) is 0 Å². The molecule has 5 aromatic carbocycles. The number of hydrogen-bond acceptors (Lipinski definition) is 23. The van der Waals surface area contributed by atoms with Gasteiger partial charge in [-0.2, -0.15) is 0 Å². The smallest absolute Gasteiger partial charge is 0.407 e. The van der Waals surface area contributed by atoms with Crippen LogP contribution in [-0.2, 0) is 94.9 Å². The number of carbonyl (C=O) groups excluding carboxylic acids is 13. The molecule has 0 saturated heterocycles. The van der Waals surface area contributed by atoms with Gasteiger partial charge in [0.15, 0.2) is 0 Å². The fourth-order valence-corrected chi connectivity index (χ4v) is 14.1. The monoisotopic (exact) mass is 1950 g/mol. The van der Waals surface area contributed by atoms with Crippen LogP contribution in [0.3, 0.4) is 0 Å². The molecule has 5 atom stereocenters. The molecule has 42 heteroatoms. The summed E-state index contributed by atoms with van der Waals surface area (Å²) in [7, 11) is 0. The van der Waals surface area contributed by atoms with Gasteiger partial charge in [0.1, 0.15) is 26.4 Å². The van der Waals surface area contributed by atoms with Crippen LogP contribution in [0.2, 0.25) is 20.1 Å². The van der Waals surface area contributed by atoms with Crippen LogP contribution in [0.15, 0.2) is 127 Å². The van der Waals surface area contributed by atoms with Gasteiger partial charge in [-0.1, -0.05) is 137 Å². The topological polar surface area (TPSA) is 542 Å². The van der Waals surface area contributed by atoms with Gasteiger partial charge in [-0.25, -0.2) is 19.2 Å². The molecule has 0 unspecified atom stereocenters. The second-order valence-electron chi connectivity index (χ2n) is 31.3. The minimum atomic E-state index is -0.986. The van der Waals surface area contributed by atoms with Gasteiger partial charge in [-0.15, -0.1) is 12.4 Å². The summed E-state index contributed by atoms with van der Waals surface area (Å²) in [5.74, 6) is -3.83. The molecular formula is C91H131Cl5N20O17. The molecule has 6 aromatic rings. The van der Waals surface area contributed by atoms with Crippen molar-refractivity contribution in [3.8, 4) is 0 Å². The predicted octanol–water partition coefficient (Wildman–Crippen LogP) is 6.80. The number of aromatic nitrogens is 1. The van der Waals surface area contributed by atoms with Crippen molar-refractivity contribution in [3.05, 3.63) is 175 Å². The second kappa shape index (κ2) is 66.5. The van der Waals surface area contributed by atoms with E-state index in [1.54, 1.807) is 102 Å². The highest BCUT2D eigenvalue weighted by Crippen LogP contribution is 2.22. The minimum Gasteiger partial charge on any atom is -0.445 e. The van der Waals surface area contributed by atoms with Crippen molar-refractivity contribution in [2.75, 3.05) is 118 Å². The third-order valence-electron chi connectivity index (χ3n) is 21.0. The third-order valence-corrected chi connectivity index (χ3v) is 22.5. The molecule has 0 aliphatic rings. The van der Waals surface area contributed by atoms with Crippen molar-refractivity contribution in [1.29, 1.82) is 0 Å². The molecule has 133 heavy (non-hydrogen) atoms. The Morgan fingerprint density at radius 2 is 0.594 bits per heavy atom. The second-order valence-corrected chi connectivity index (χ2v) is 32.9. The molecule has 0 fully saturated rings. The first-order chi connectivity index (χ1) is 63.7. The zero-order valence-corrected chi connectivity index (χ0v) is 78.9. The van der Waals surface area contributed by atoms with Crippen molar-refractivity contribution in [3.63, 3.8) is 0 Å². The average Bonchev–Trinajstić information content (AvgIpc) is 1.71. The van der Waals surface area contributed by atoms with Crippen molar-refractivity contribution in [1.82, 2.24) is 83.9 Å². The van der Waals surface area contributed by atoms with E-state index in [1.807, 2.05) is 35.2 Å². The number of rotatable bonds is 65. The molecule has 0 aliphatic heterocycles. The first kappa shape index (κ1) is 113. The number of ether oxygens (including phenoxy) is 4. The first-order valence-corrected chi connectivity index (χ1v) is 46.3. The Morgan fingerprint density at radius 3 is 0.910 bits per heavy atom. The zero-order chi connectivity index (χ0) is 95.5. The summed E-state index contributed by atoms with van der Waals surface area (Å²) < 4.78 is 21.0. The van der Waals surface area contributed by atoms with Gasteiger partial charge >= 0.3 is 24.4 Å². The molecule has 37 nitrogen and oxygen atoms in total. The molecule has 22 N–H and O–H groups in total. The van der Waals surface area contributed by atoms with E-state index in [0.717, 1.165) is 16.6 Å². The molecule has 1 heterocycles. The summed E-state index contributed by atoms with van der Waals surface area (Å²) in [4.78, 5) is 178. The normalized spacial score (nSPS) is 12.1. The number of H-pyrrole nitrogens is 1. The van der Waals surface area contributed by atoms with Gasteiger partial charge in [0, 0.05) is 197 Å². The van der Waals surface area contributed by atoms with E-state index in [0.29, 0.717) is 126 Å². The van der Waals surface area contributed by atoms with Crippen LogP contribution in [0, 0.1) is 0 Å². The summed E-state index contributed by atoms with van der Waals surface area (Å²) in [5.41, 5.74) is 29.3. The van der Waals surface area contributed by atoms with Crippen LogP contribution in [-0.4, -0.2) is 240 Å². The minimum absolute atomic E-state index is 0. The molecular weight excluding hydrogens is 1820 g/mol. The SMILES string of the molecule is Cl.N[C@@H](CCCCNC(=O)OCc1ccccc1Cl)C(=O)NCCNC(=O)CCN(CCC[C@@H](C(=O)NCCc1cc2ccccc2[nH]1)N(CCC(=O)NCCNC(=O)[C@@H](N)CCCCNC(=O)OCc1ccccc1Cl)CCC(=O)NCCNC(=O)[C@@H](N)CCCCNC(=O)OCc1ccccc1Cl)CCC(=O)NCCNC(=O)[C@@H](N)CCCCNC(=O)OCc1ccccc1Cl. The number of alkyl carbamates (subject to hydrolysis) is 4. The summed E-state index contributed by atoms with van der Waals surface area (Å²) >= 11 is 24.7. The maximum Gasteiger partial charge on any atom is 0.407 e. The van der Waals surface area contributed by atoms with Crippen LogP contribution in [0.25, 0.3) is 10.9 Å². The lowest BCUT2D eigenvalue weighted by Crippen LogP contribution is -2.50. The van der Waals surface area contributed by atoms with E-state index < -0.39 is 95.9 Å². The number of nitrogens with one attached hydrogen (secondary N) is 14. The Kier molecular flexibility index (Phi) is 56.4. The van der Waals surface area contributed by atoms with Gasteiger partial charge in [-0.3, -0.25) is 48.1 Å². The van der Waals surface area contributed by atoms with Gasteiger partial charge < -0.3 is 121 Å². The highest BCUT2D eigenvalue weighted by atomic mass is 35.5. The van der Waals surface area contributed by atoms with Crippen molar-refractivity contribution >= 4 is 147 Å². The number of unbranched alkanes of at least 4 members (excludes halogenated alkanes) is 4. The quantitative estimate of drug-likeness (QED) is 0.0138. The molecule has 0 radical (unpaired) electrons. The average molecular weight is 1950 g/mol. The van der Waals surface area contributed by atoms with Crippen molar-refractivity contribution < 1.29 is 81.3 Å². The first-order valence-electron chi connectivity index (χ1n) is 44.8. The lowest BCUT2D eigenvalue weighted by Gasteiger charge is -2.31. The highest BCUT2D eigenvalue weighted by Gasteiger charge is 2.29. The molecule has 0 aliphatic carbocycles. The maximum atomic E-state index is 15.0. The van der Waals surface area contributed by atoms with E-state index in [9.17, 15) is 62.3 Å². The highest BCUT2D eigenvalue weighted by molar-refractivity contribution is 6.32. The largest absolute Gasteiger partial charge is 0.445 e. The lowest BCUT2D eigenvalue weighted by atomic mass is 10.1. The number of nitrogens with two attached hydrogens (primary N) is 4. The van der Waals surface area contributed by atoms with Crippen LogP contribution in [0.5, 0.6) is 0 Å². The van der Waals surface area contributed by atoms with Crippen LogP contribution in [0.1, 0.15) is 144 Å². The predicted molar refractivity (Wildman–Crippen MR) is 512 cm³/mol. The Labute approximate surface area is 802 Å². The summed E-state index contributed by atoms with van der Waals surface area (Å²) in [6.45, 7) is 1.97. The Hall–Kier alpha value is -10.8. The molecule has 0 spiro atoms. The number of aromatic amines is 1. The van der Waals surface area contributed by atoms with Crippen LogP contribution < -0.4 is 92.1 Å². The van der Waals surface area contributed by atoms with E-state index in [1.165, 1.54) is 0 Å². The number of carbonyl (C=O) groups is 13. The Morgan fingerprint density at radius 1 is 0.308 bits per heavy atom. The Bertz CT molecular complexity index is 4320. The summed E-state index contributed by atoms with van der Waals surface area (Å²) in [6.07, 6.45) is 3.20. The number of benzene rings is 5. The number of hydrogen-bond donors (Lipinski definition) is 18. The summed E-state index contributed by atoms with van der Waals surface area (Å²) in [5, 5.41) is 38.9. The lowest BCUT2D eigenvalue weighted by molar-refractivity contribution is -0.129. The standard InChI is InChI=1S/C91H130Cl4N20O17.ClH/c92-69-25-6-1-21-64(69)59-129-88(125)109-40-15-11-29-73(96)83(120)105-49-45-100-79(116)36-54-114(55-37-80(117)101-46-50-106-84(121)74(97)30-12-16-41-110-89(126)130-60-65-22-2-7-26-70(65)93)53-19-34-78(87(124)104-44-35-68-58-63-20-5-10-33-77(63)113-68)115(56-38-81(118)102-47-51-107-85(122)75(98)31-13-17-42-111-90(127)131-61-66-23-3-8-27-71(66)94)57-39-82(119)103-48-52-108-86(123)76(99)32-14-18-43-112-91(128)132-62-67-24-4-9-28-72(67)95;/h1-10,20-28,33,58,73-76,78,113H,11-19,29-32,34-57,59-62,96-99H2,(H,100,116)(H,101,117)(H,102,118)(H,103,119)(H,104,124)(H,105,120)(H,106,121)(H,107,122)(H,108,123)(H,109,125)(H,110,126)(H,111,127)(H,112,128);1H/t73-,74-,75-,76-,78-;/m0./s1. The number of fused-ring (bicyclic) bond motifs is 1. The summed E-state index contributed by atoms with van der Waals surface area (Å²) in [6, 6.07) is 33.2. The molecule has 0 bridgehead atoms. The van der Waals surface area contributed by atoms with E-state index in [2.05, 4.69) is 74.1 Å². The fourth-order valence-electron chi connectivity index (χ4n) is 13.4. The van der Waals surface area contributed by atoms with Gasteiger partial charge in [0.2, 0.25) is 53.2 Å². The molecule has 732 valence electrons. The van der Waals surface area contributed by atoms with E-state index in [-0.39, 0.29) is 207 Å². The zero-order valence-electron chi connectivity index (χ0n) is 75.1. The number of para-hydroxylation sites is 1. The van der Waals surface area contributed by atoms with Gasteiger partial charge in [-0.05, 0) is 138 Å². The molecule has 6 rings (SSSR count). The Balaban J connectivity index is 0.0000313. The number of halogens is 5. The number of nitrogens with zero attached hydrogens (tertiary/aromatic N) is 2. The van der Waals surface area contributed by atoms with E-state index >= 15 is 0 Å². The molecule has 1 aromatic heterocycles.